The van der Waals surface area contributed by atoms with Crippen LogP contribution in [0.2, 0.25) is 0 Å². The summed E-state index contributed by atoms with van der Waals surface area (Å²) >= 11 is 0. The topological polar surface area (TPSA) is 69.6 Å². The van der Waals surface area contributed by atoms with Gasteiger partial charge < -0.3 is 4.42 Å². The molecule has 10 rings (SSSR count). The van der Waals surface area contributed by atoms with E-state index >= 15 is 0 Å². The molecule has 0 aliphatic carbocycles. The standard InChI is InChI=1S/C44H27N5O/c1-4-13-28(14-5-1)31-23-24-37-34(27-31)39-33(20-12-22-38(39)50-37)41-40-32-19-10-11-21-35(32)49(36(40)25-26-45-41)44-47-42(29-15-6-2-7-16-29)46-43(48-44)30-17-8-3-9-18-30/h1-27H. The van der Waals surface area contributed by atoms with E-state index in [0.717, 1.165) is 77.3 Å². The number of aromatic nitrogens is 5. The fourth-order valence-electron chi connectivity index (χ4n) is 7.06. The van der Waals surface area contributed by atoms with Gasteiger partial charge in [-0.2, -0.15) is 9.97 Å². The Labute approximate surface area is 287 Å². The van der Waals surface area contributed by atoms with Crippen LogP contribution in [0.1, 0.15) is 0 Å². The Morgan fingerprint density at radius 3 is 1.82 bits per heavy atom. The molecule has 0 bridgehead atoms. The van der Waals surface area contributed by atoms with Gasteiger partial charge in [0.15, 0.2) is 11.6 Å². The Morgan fingerprint density at radius 2 is 1.10 bits per heavy atom. The lowest BCUT2D eigenvalue weighted by molar-refractivity contribution is 0.669. The van der Waals surface area contributed by atoms with Crippen LogP contribution >= 0.6 is 0 Å². The van der Waals surface area contributed by atoms with E-state index in [2.05, 4.69) is 77.4 Å². The highest BCUT2D eigenvalue weighted by molar-refractivity contribution is 6.20. The summed E-state index contributed by atoms with van der Waals surface area (Å²) < 4.78 is 8.57. The number of nitrogens with zero attached hydrogens (tertiary/aromatic N) is 5. The van der Waals surface area contributed by atoms with Gasteiger partial charge in [-0.25, -0.2) is 4.98 Å². The third-order valence-electron chi connectivity index (χ3n) is 9.33. The molecule has 0 spiro atoms. The van der Waals surface area contributed by atoms with E-state index in [0.29, 0.717) is 17.6 Å². The molecule has 0 N–H and O–H groups in total. The molecular formula is C44H27N5O. The van der Waals surface area contributed by atoms with Crippen LogP contribution in [0.25, 0.3) is 94.9 Å². The van der Waals surface area contributed by atoms with Gasteiger partial charge in [0.05, 0.1) is 16.7 Å². The van der Waals surface area contributed by atoms with Crippen LogP contribution in [0.4, 0.5) is 0 Å². The van der Waals surface area contributed by atoms with Crippen LogP contribution in [0.3, 0.4) is 0 Å². The third-order valence-corrected chi connectivity index (χ3v) is 9.33. The van der Waals surface area contributed by atoms with Crippen LogP contribution < -0.4 is 0 Å². The molecule has 0 aliphatic rings. The van der Waals surface area contributed by atoms with Crippen LogP contribution in [0.5, 0.6) is 0 Å². The van der Waals surface area contributed by atoms with E-state index in [1.165, 1.54) is 0 Å². The Bertz CT molecular complexity index is 2800. The molecular weight excluding hydrogens is 615 g/mol. The smallest absolute Gasteiger partial charge is 0.238 e. The van der Waals surface area contributed by atoms with E-state index in [9.17, 15) is 0 Å². The second kappa shape index (κ2) is 11.4. The Balaban J connectivity index is 1.25. The van der Waals surface area contributed by atoms with Crippen molar-refractivity contribution in [1.29, 1.82) is 0 Å². The molecule has 4 heterocycles. The second-order valence-corrected chi connectivity index (χ2v) is 12.3. The molecule has 10 aromatic rings. The first kappa shape index (κ1) is 28.1. The number of para-hydroxylation sites is 1. The normalized spacial score (nSPS) is 11.6. The van der Waals surface area contributed by atoms with Crippen LogP contribution in [-0.4, -0.2) is 24.5 Å². The van der Waals surface area contributed by atoms with E-state index in [-0.39, 0.29) is 0 Å². The number of furan rings is 1. The number of pyridine rings is 1. The molecule has 0 aliphatic heterocycles. The Morgan fingerprint density at radius 1 is 0.440 bits per heavy atom. The molecule has 50 heavy (non-hydrogen) atoms. The summed E-state index contributed by atoms with van der Waals surface area (Å²) in [5, 5.41) is 4.17. The van der Waals surface area contributed by atoms with Crippen molar-refractivity contribution in [2.24, 2.45) is 0 Å². The summed E-state index contributed by atoms with van der Waals surface area (Å²) in [6.07, 6.45) is 1.88. The van der Waals surface area contributed by atoms with Crippen LogP contribution in [0, 0.1) is 0 Å². The van der Waals surface area contributed by atoms with Gasteiger partial charge in [0.2, 0.25) is 5.95 Å². The maximum Gasteiger partial charge on any atom is 0.238 e. The first-order chi connectivity index (χ1) is 24.8. The minimum atomic E-state index is 0.542. The monoisotopic (exact) mass is 641 g/mol. The largest absolute Gasteiger partial charge is 0.456 e. The molecule has 6 aromatic carbocycles. The molecule has 0 fully saturated rings. The maximum absolute atomic E-state index is 6.43. The van der Waals surface area contributed by atoms with Crippen molar-refractivity contribution in [3.63, 3.8) is 0 Å². The molecule has 4 aromatic heterocycles. The highest BCUT2D eigenvalue weighted by Gasteiger charge is 2.22. The average Bonchev–Trinajstić information content (AvgIpc) is 3.74. The van der Waals surface area contributed by atoms with Crippen molar-refractivity contribution in [3.05, 3.63) is 164 Å². The van der Waals surface area contributed by atoms with Gasteiger partial charge in [-0.05, 0) is 41.5 Å². The van der Waals surface area contributed by atoms with Crippen molar-refractivity contribution in [3.8, 4) is 51.1 Å². The van der Waals surface area contributed by atoms with E-state index in [1.807, 2.05) is 91.1 Å². The lowest BCUT2D eigenvalue weighted by Gasteiger charge is -2.11. The molecule has 0 saturated heterocycles. The molecule has 0 amide bonds. The number of benzene rings is 6. The van der Waals surface area contributed by atoms with Crippen LogP contribution in [0.15, 0.2) is 168 Å². The first-order valence-electron chi connectivity index (χ1n) is 16.6. The molecule has 0 saturated carbocycles. The van der Waals surface area contributed by atoms with Gasteiger partial charge in [0.1, 0.15) is 11.2 Å². The summed E-state index contributed by atoms with van der Waals surface area (Å²) in [6, 6.07) is 53.6. The van der Waals surface area contributed by atoms with Crippen LogP contribution in [-0.2, 0) is 0 Å². The summed E-state index contributed by atoms with van der Waals surface area (Å²) in [5.41, 5.74) is 9.61. The Kier molecular flexibility index (Phi) is 6.39. The van der Waals surface area contributed by atoms with Gasteiger partial charge in [-0.1, -0.05) is 127 Å². The predicted octanol–water partition coefficient (Wildman–Crippen LogP) is 10.9. The summed E-state index contributed by atoms with van der Waals surface area (Å²) in [7, 11) is 0. The third kappa shape index (κ3) is 4.50. The number of fused-ring (bicyclic) bond motifs is 6. The maximum atomic E-state index is 6.43. The highest BCUT2D eigenvalue weighted by atomic mass is 16.3. The number of rotatable bonds is 5. The molecule has 0 unspecified atom stereocenters. The molecule has 234 valence electrons. The molecule has 0 atom stereocenters. The zero-order valence-electron chi connectivity index (χ0n) is 26.7. The first-order valence-corrected chi connectivity index (χ1v) is 16.6. The minimum absolute atomic E-state index is 0.542. The van der Waals surface area contributed by atoms with E-state index in [1.54, 1.807) is 0 Å². The summed E-state index contributed by atoms with van der Waals surface area (Å²) in [5.74, 6) is 1.76. The van der Waals surface area contributed by atoms with Gasteiger partial charge in [0, 0.05) is 44.4 Å². The van der Waals surface area contributed by atoms with Gasteiger partial charge in [0.25, 0.3) is 0 Å². The number of hydrogen-bond acceptors (Lipinski definition) is 5. The lowest BCUT2D eigenvalue weighted by Crippen LogP contribution is -2.06. The molecule has 6 nitrogen and oxygen atoms in total. The zero-order valence-corrected chi connectivity index (χ0v) is 26.7. The average molecular weight is 642 g/mol. The van der Waals surface area contributed by atoms with Crippen molar-refractivity contribution in [1.82, 2.24) is 24.5 Å². The van der Waals surface area contributed by atoms with Crippen molar-refractivity contribution in [2.75, 3.05) is 0 Å². The van der Waals surface area contributed by atoms with E-state index < -0.39 is 0 Å². The van der Waals surface area contributed by atoms with Gasteiger partial charge in [-0.15, -0.1) is 0 Å². The quantitative estimate of drug-likeness (QED) is 0.187. The SMILES string of the molecule is c1ccc(-c2ccc3oc4cccc(-c5nccc6c5c5ccccc5n6-c5nc(-c6ccccc6)nc(-c6ccccc6)n5)c4c3c2)cc1. The van der Waals surface area contributed by atoms with Crippen molar-refractivity contribution in [2.45, 2.75) is 0 Å². The zero-order chi connectivity index (χ0) is 33.0. The lowest BCUT2D eigenvalue weighted by atomic mass is 9.98. The molecule has 0 radical (unpaired) electrons. The van der Waals surface area contributed by atoms with Crippen molar-refractivity contribution < 1.29 is 4.42 Å². The Hall–Kier alpha value is -6.92. The van der Waals surface area contributed by atoms with Gasteiger partial charge in [-0.3, -0.25) is 9.55 Å². The highest BCUT2D eigenvalue weighted by Crippen LogP contribution is 2.42. The fourth-order valence-corrected chi connectivity index (χ4v) is 7.06. The van der Waals surface area contributed by atoms with E-state index in [4.69, 9.17) is 24.4 Å². The predicted molar refractivity (Wildman–Crippen MR) is 201 cm³/mol. The fraction of sp³-hybridized carbons (Fsp3) is 0. The van der Waals surface area contributed by atoms with Crippen molar-refractivity contribution >= 4 is 43.7 Å². The summed E-state index contributed by atoms with van der Waals surface area (Å²) in [6.45, 7) is 0. The molecule has 6 heteroatoms. The second-order valence-electron chi connectivity index (χ2n) is 12.3. The summed E-state index contributed by atoms with van der Waals surface area (Å²) in [4.78, 5) is 20.2. The van der Waals surface area contributed by atoms with Gasteiger partial charge >= 0.3 is 0 Å². The minimum Gasteiger partial charge on any atom is -0.456 e. The number of hydrogen-bond donors (Lipinski definition) is 0.